The van der Waals surface area contributed by atoms with Gasteiger partial charge in [-0.15, -0.1) is 0 Å². The Morgan fingerprint density at radius 2 is 1.89 bits per heavy atom. The molecule has 0 bridgehead atoms. The van der Waals surface area contributed by atoms with Crippen LogP contribution in [0.4, 0.5) is 0 Å². The zero-order valence-corrected chi connectivity index (χ0v) is 11.1. The lowest BCUT2D eigenvalue weighted by Crippen LogP contribution is -2.35. The van der Waals surface area contributed by atoms with Crippen molar-refractivity contribution in [3.63, 3.8) is 0 Å². The molecule has 0 heterocycles. The van der Waals surface area contributed by atoms with Crippen LogP contribution in [0.2, 0.25) is 0 Å². The highest BCUT2D eigenvalue weighted by atomic mass is 15.3. The Labute approximate surface area is 109 Å². The average molecular weight is 245 g/mol. The largest absolute Gasteiger partial charge is 0.312 e. The molecule has 98 valence electrons. The van der Waals surface area contributed by atoms with Gasteiger partial charge in [0, 0.05) is 5.92 Å². The molecule has 1 aliphatic rings. The molecular weight excluding hydrogens is 222 g/mol. The zero-order valence-electron chi connectivity index (χ0n) is 11.1. The molecule has 1 aliphatic carbocycles. The topological polar surface area (TPSA) is 50.4 Å². The van der Waals surface area contributed by atoms with Crippen molar-refractivity contribution in [2.45, 2.75) is 51.0 Å². The van der Waals surface area contributed by atoms with Gasteiger partial charge in [-0.25, -0.2) is 5.84 Å². The van der Waals surface area contributed by atoms with Crippen LogP contribution in [0, 0.1) is 0 Å². The maximum atomic E-state index is 5.65. The van der Waals surface area contributed by atoms with E-state index >= 15 is 0 Å². The molecule has 0 radical (unpaired) electrons. The highest BCUT2D eigenvalue weighted by Crippen LogP contribution is 2.22. The predicted octanol–water partition coefficient (Wildman–Crippen LogP) is 2.98. The molecule has 1 aromatic rings. The first-order valence-electron chi connectivity index (χ1n) is 6.90. The van der Waals surface area contributed by atoms with Crippen LogP contribution in [-0.4, -0.2) is 11.9 Å². The summed E-state index contributed by atoms with van der Waals surface area (Å²) < 4.78 is 0. The van der Waals surface area contributed by atoms with Crippen molar-refractivity contribution in [2.24, 2.45) is 10.8 Å². The molecule has 1 fully saturated rings. The van der Waals surface area contributed by atoms with Crippen LogP contribution in [0.15, 0.2) is 35.3 Å². The molecule has 1 atom stereocenters. The summed E-state index contributed by atoms with van der Waals surface area (Å²) in [5.74, 6) is 6.79. The van der Waals surface area contributed by atoms with Gasteiger partial charge in [-0.3, -0.25) is 4.99 Å². The van der Waals surface area contributed by atoms with Gasteiger partial charge in [0.25, 0.3) is 0 Å². The summed E-state index contributed by atoms with van der Waals surface area (Å²) >= 11 is 0. The number of hydrogen-bond acceptors (Lipinski definition) is 2. The van der Waals surface area contributed by atoms with E-state index in [1.807, 2.05) is 6.07 Å². The second kappa shape index (κ2) is 6.55. The van der Waals surface area contributed by atoms with Crippen molar-refractivity contribution in [3.8, 4) is 0 Å². The van der Waals surface area contributed by atoms with Crippen LogP contribution in [0.25, 0.3) is 0 Å². The molecular formula is C15H23N3. The Morgan fingerprint density at radius 1 is 1.22 bits per heavy atom. The molecule has 2 rings (SSSR count). The van der Waals surface area contributed by atoms with E-state index in [4.69, 9.17) is 10.8 Å². The molecule has 1 aromatic carbocycles. The fourth-order valence-electron chi connectivity index (χ4n) is 2.58. The van der Waals surface area contributed by atoms with E-state index in [0.717, 1.165) is 5.84 Å². The van der Waals surface area contributed by atoms with E-state index in [9.17, 15) is 0 Å². The highest BCUT2D eigenvalue weighted by molar-refractivity contribution is 5.88. The van der Waals surface area contributed by atoms with E-state index in [2.05, 4.69) is 36.6 Å². The van der Waals surface area contributed by atoms with Crippen LogP contribution < -0.4 is 11.3 Å². The Bertz CT molecular complexity index is 380. The quantitative estimate of drug-likeness (QED) is 0.372. The summed E-state index contributed by atoms with van der Waals surface area (Å²) in [5, 5.41) is 0. The summed E-state index contributed by atoms with van der Waals surface area (Å²) in [6.07, 6.45) is 6.35. The molecule has 0 spiro atoms. The monoisotopic (exact) mass is 245 g/mol. The van der Waals surface area contributed by atoms with Gasteiger partial charge in [0.2, 0.25) is 0 Å². The fraction of sp³-hybridized carbons (Fsp3) is 0.533. The lowest BCUT2D eigenvalue weighted by Gasteiger charge is -2.21. The van der Waals surface area contributed by atoms with Crippen LogP contribution >= 0.6 is 0 Å². The second-order valence-electron chi connectivity index (χ2n) is 5.08. The first kappa shape index (κ1) is 13.1. The molecule has 3 N–H and O–H groups in total. The van der Waals surface area contributed by atoms with Gasteiger partial charge in [0.05, 0.1) is 6.04 Å². The first-order chi connectivity index (χ1) is 8.81. The van der Waals surface area contributed by atoms with Gasteiger partial charge in [0.1, 0.15) is 5.84 Å². The van der Waals surface area contributed by atoms with Gasteiger partial charge < -0.3 is 5.43 Å². The Balaban J connectivity index is 2.09. The van der Waals surface area contributed by atoms with Gasteiger partial charge >= 0.3 is 0 Å². The Hall–Kier alpha value is -1.35. The smallest absolute Gasteiger partial charge is 0.118 e. The number of hydrazine groups is 1. The number of nitrogens with one attached hydrogen (secondary N) is 1. The summed E-state index contributed by atoms with van der Waals surface area (Å²) in [6, 6.07) is 10.8. The summed E-state index contributed by atoms with van der Waals surface area (Å²) in [6.45, 7) is 2.15. The lowest BCUT2D eigenvalue weighted by atomic mass is 9.95. The van der Waals surface area contributed by atoms with Crippen molar-refractivity contribution in [1.29, 1.82) is 0 Å². The third kappa shape index (κ3) is 3.33. The second-order valence-corrected chi connectivity index (χ2v) is 5.08. The Morgan fingerprint density at radius 3 is 2.50 bits per heavy atom. The van der Waals surface area contributed by atoms with Crippen LogP contribution in [0.1, 0.15) is 50.5 Å². The number of aliphatic imine (C=N–C) groups is 1. The van der Waals surface area contributed by atoms with Crippen molar-refractivity contribution >= 4 is 5.84 Å². The minimum atomic E-state index is 0.234. The maximum Gasteiger partial charge on any atom is 0.118 e. The van der Waals surface area contributed by atoms with Gasteiger partial charge in [-0.2, -0.15) is 0 Å². The molecule has 1 unspecified atom stereocenters. The van der Waals surface area contributed by atoms with E-state index in [0.29, 0.717) is 6.04 Å². The van der Waals surface area contributed by atoms with Gasteiger partial charge in [-0.05, 0) is 18.4 Å². The Kier molecular flexibility index (Phi) is 4.76. The molecule has 3 nitrogen and oxygen atoms in total. The van der Waals surface area contributed by atoms with E-state index in [1.54, 1.807) is 0 Å². The van der Waals surface area contributed by atoms with Crippen molar-refractivity contribution in [3.05, 3.63) is 35.9 Å². The number of nitrogens with zero attached hydrogens (tertiary/aromatic N) is 1. The molecule has 0 aromatic heterocycles. The molecule has 0 aliphatic heterocycles. The summed E-state index contributed by atoms with van der Waals surface area (Å²) in [4.78, 5) is 4.81. The van der Waals surface area contributed by atoms with Crippen LogP contribution in [0.3, 0.4) is 0 Å². The SMILES string of the molecule is CC(C(=NC1CCCCC1)NN)c1ccccc1. The van der Waals surface area contributed by atoms with E-state index in [1.165, 1.54) is 37.7 Å². The maximum absolute atomic E-state index is 5.65. The third-order valence-electron chi connectivity index (χ3n) is 3.75. The number of rotatable bonds is 3. The van der Waals surface area contributed by atoms with E-state index in [-0.39, 0.29) is 5.92 Å². The first-order valence-corrected chi connectivity index (χ1v) is 6.90. The number of nitrogens with two attached hydrogens (primary N) is 1. The summed E-state index contributed by atoms with van der Waals surface area (Å²) in [5.41, 5.74) is 4.05. The van der Waals surface area contributed by atoms with Crippen LogP contribution in [0.5, 0.6) is 0 Å². The zero-order chi connectivity index (χ0) is 12.8. The molecule has 0 saturated heterocycles. The normalized spacial score (nSPS) is 19.6. The molecule has 0 amide bonds. The predicted molar refractivity (Wildman–Crippen MR) is 76.5 cm³/mol. The lowest BCUT2D eigenvalue weighted by molar-refractivity contribution is 0.441. The van der Waals surface area contributed by atoms with Gasteiger partial charge in [-0.1, -0.05) is 56.5 Å². The highest BCUT2D eigenvalue weighted by Gasteiger charge is 2.16. The number of benzene rings is 1. The molecule has 18 heavy (non-hydrogen) atoms. The van der Waals surface area contributed by atoms with Crippen LogP contribution in [-0.2, 0) is 0 Å². The standard InChI is InChI=1S/C15H23N3/c1-12(13-8-4-2-5-9-13)15(18-16)17-14-10-6-3-7-11-14/h2,4-5,8-9,12,14H,3,6-7,10-11,16H2,1H3,(H,17,18). The fourth-order valence-corrected chi connectivity index (χ4v) is 2.58. The average Bonchev–Trinajstić information content (AvgIpc) is 2.46. The molecule has 3 heteroatoms. The summed E-state index contributed by atoms with van der Waals surface area (Å²) in [7, 11) is 0. The van der Waals surface area contributed by atoms with Crippen molar-refractivity contribution < 1.29 is 0 Å². The number of hydrogen-bond donors (Lipinski definition) is 2. The third-order valence-corrected chi connectivity index (χ3v) is 3.75. The van der Waals surface area contributed by atoms with Gasteiger partial charge in [0.15, 0.2) is 0 Å². The molecule has 1 saturated carbocycles. The number of amidine groups is 1. The minimum Gasteiger partial charge on any atom is -0.312 e. The minimum absolute atomic E-state index is 0.234. The van der Waals surface area contributed by atoms with Crippen molar-refractivity contribution in [2.75, 3.05) is 0 Å². The van der Waals surface area contributed by atoms with Crippen molar-refractivity contribution in [1.82, 2.24) is 5.43 Å². The van der Waals surface area contributed by atoms with E-state index < -0.39 is 0 Å².